The fourth-order valence-corrected chi connectivity index (χ4v) is 3.80. The van der Waals surface area contributed by atoms with Crippen LogP contribution in [0.2, 0.25) is 0 Å². The van der Waals surface area contributed by atoms with Gasteiger partial charge in [-0.1, -0.05) is 12.5 Å². The van der Waals surface area contributed by atoms with Gasteiger partial charge in [0.2, 0.25) is 0 Å². The van der Waals surface area contributed by atoms with Crippen LogP contribution in [0, 0.1) is 6.92 Å². The van der Waals surface area contributed by atoms with Gasteiger partial charge in [0.15, 0.2) is 0 Å². The van der Waals surface area contributed by atoms with E-state index in [1.54, 1.807) is 19.3 Å². The predicted molar refractivity (Wildman–Crippen MR) is 111 cm³/mol. The molecule has 0 saturated heterocycles. The molecule has 29 heavy (non-hydrogen) atoms. The fraction of sp³-hybridized carbons (Fsp3) is 0.545. The maximum absolute atomic E-state index is 11.2. The topological polar surface area (TPSA) is 108 Å². The number of nitrogens with zero attached hydrogens (tertiary/aromatic N) is 3. The molecule has 0 radical (unpaired) electrons. The van der Waals surface area contributed by atoms with E-state index in [0.29, 0.717) is 18.7 Å². The van der Waals surface area contributed by atoms with Crippen LogP contribution in [0.25, 0.3) is 0 Å². The Morgan fingerprint density at radius 2 is 2.03 bits per heavy atom. The molecule has 7 heteroatoms. The Balaban J connectivity index is 1.46. The number of carboxylic acid groups (broad SMARTS) is 1. The Morgan fingerprint density at radius 1 is 1.24 bits per heavy atom. The lowest BCUT2D eigenvalue weighted by Crippen LogP contribution is -2.16. The van der Waals surface area contributed by atoms with Crippen LogP contribution < -0.4 is 5.32 Å². The number of carboxylic acids is 1. The Morgan fingerprint density at radius 3 is 2.79 bits per heavy atom. The molecule has 1 unspecified atom stereocenters. The van der Waals surface area contributed by atoms with Crippen LogP contribution in [0.3, 0.4) is 0 Å². The molecule has 0 bridgehead atoms. The quantitative estimate of drug-likeness (QED) is 0.527. The highest BCUT2D eigenvalue weighted by Gasteiger charge is 2.20. The van der Waals surface area contributed by atoms with Crippen LogP contribution in [0.15, 0.2) is 24.5 Å². The first-order valence-corrected chi connectivity index (χ1v) is 10.4. The number of hydrogen-bond donors (Lipinski definition) is 3. The van der Waals surface area contributed by atoms with Gasteiger partial charge in [-0.3, -0.25) is 4.79 Å². The van der Waals surface area contributed by atoms with Crippen molar-refractivity contribution in [1.82, 2.24) is 15.0 Å². The molecule has 2 aromatic rings. The van der Waals surface area contributed by atoms with E-state index in [9.17, 15) is 15.0 Å². The molecule has 2 atom stereocenters. The Hall–Kier alpha value is -2.54. The van der Waals surface area contributed by atoms with E-state index in [4.69, 9.17) is 4.98 Å². The van der Waals surface area contributed by atoms with Crippen LogP contribution >= 0.6 is 0 Å². The van der Waals surface area contributed by atoms with Gasteiger partial charge in [-0.15, -0.1) is 0 Å². The van der Waals surface area contributed by atoms with Gasteiger partial charge in [-0.05, 0) is 68.6 Å². The number of rotatable bonds is 10. The summed E-state index contributed by atoms with van der Waals surface area (Å²) < 4.78 is 0. The number of anilines is 1. The number of unbranched alkanes of at least 4 members (excludes halogenated alkanes) is 1. The molecular formula is C22H30N4O3. The standard InChI is InChI=1S/C22H30N4O3/c1-15-24-13-18(14-25-15)17(12-21(28)29)11-20(27)7-3-2-6-19-9-8-16-5-4-10-23-22(16)26-19/h8-9,13-14,17,20,27H,2-7,10-12H2,1H3,(H,23,26)(H,28,29)/t17-,20?/m1/s1. The first-order valence-electron chi connectivity index (χ1n) is 10.4. The van der Waals surface area contributed by atoms with Gasteiger partial charge >= 0.3 is 5.97 Å². The van der Waals surface area contributed by atoms with Gasteiger partial charge in [0.25, 0.3) is 0 Å². The van der Waals surface area contributed by atoms with Crippen molar-refractivity contribution in [2.75, 3.05) is 11.9 Å². The Kier molecular flexibility index (Phi) is 7.52. The zero-order chi connectivity index (χ0) is 20.6. The zero-order valence-corrected chi connectivity index (χ0v) is 17.0. The number of carbonyl (C=O) groups is 1. The number of aryl methyl sites for hydroxylation is 3. The van der Waals surface area contributed by atoms with Crippen molar-refractivity contribution >= 4 is 11.8 Å². The molecule has 0 amide bonds. The lowest BCUT2D eigenvalue weighted by molar-refractivity contribution is -0.137. The van der Waals surface area contributed by atoms with Gasteiger partial charge in [0.05, 0.1) is 12.5 Å². The Labute approximate surface area is 171 Å². The summed E-state index contributed by atoms with van der Waals surface area (Å²) in [6, 6.07) is 4.27. The van der Waals surface area contributed by atoms with E-state index < -0.39 is 12.1 Å². The number of nitrogens with one attached hydrogen (secondary N) is 1. The van der Waals surface area contributed by atoms with E-state index in [0.717, 1.165) is 55.7 Å². The third kappa shape index (κ3) is 6.49. The van der Waals surface area contributed by atoms with Crippen molar-refractivity contribution in [1.29, 1.82) is 0 Å². The smallest absolute Gasteiger partial charge is 0.303 e. The molecule has 0 aromatic carbocycles. The minimum absolute atomic E-state index is 0.0322. The van der Waals surface area contributed by atoms with Crippen LogP contribution in [-0.4, -0.2) is 43.8 Å². The maximum Gasteiger partial charge on any atom is 0.303 e. The maximum atomic E-state index is 11.2. The highest BCUT2D eigenvalue weighted by atomic mass is 16.4. The molecule has 3 rings (SSSR count). The van der Waals surface area contributed by atoms with Crippen molar-refractivity contribution in [3.05, 3.63) is 47.2 Å². The minimum Gasteiger partial charge on any atom is -0.481 e. The van der Waals surface area contributed by atoms with E-state index in [1.807, 2.05) is 0 Å². The normalized spacial score (nSPS) is 15.2. The predicted octanol–water partition coefficient (Wildman–Crippen LogP) is 3.26. The van der Waals surface area contributed by atoms with Gasteiger partial charge in [0.1, 0.15) is 11.6 Å². The largest absolute Gasteiger partial charge is 0.481 e. The lowest BCUT2D eigenvalue weighted by atomic mass is 9.90. The van der Waals surface area contributed by atoms with Crippen LogP contribution in [0.5, 0.6) is 0 Å². The summed E-state index contributed by atoms with van der Waals surface area (Å²) in [5, 5.41) is 23.0. The molecule has 0 saturated carbocycles. The van der Waals surface area contributed by atoms with Crippen molar-refractivity contribution < 1.29 is 15.0 Å². The summed E-state index contributed by atoms with van der Waals surface area (Å²) in [6.45, 7) is 2.78. The molecule has 1 aliphatic rings. The van der Waals surface area contributed by atoms with Gasteiger partial charge < -0.3 is 15.5 Å². The van der Waals surface area contributed by atoms with Crippen molar-refractivity contribution in [3.63, 3.8) is 0 Å². The molecule has 7 nitrogen and oxygen atoms in total. The summed E-state index contributed by atoms with van der Waals surface area (Å²) >= 11 is 0. The summed E-state index contributed by atoms with van der Waals surface area (Å²) in [5.41, 5.74) is 3.14. The SMILES string of the molecule is Cc1ncc([C@@H](CC(=O)O)CC(O)CCCCc2ccc3c(n2)NCCC3)cn1. The Bertz CT molecular complexity index is 810. The van der Waals surface area contributed by atoms with Gasteiger partial charge in [-0.2, -0.15) is 0 Å². The van der Waals surface area contributed by atoms with Crippen molar-refractivity contribution in [2.45, 2.75) is 70.3 Å². The number of fused-ring (bicyclic) bond motifs is 1. The fourth-order valence-electron chi connectivity index (χ4n) is 3.80. The van der Waals surface area contributed by atoms with Crippen LogP contribution in [-0.2, 0) is 17.6 Å². The number of aliphatic carboxylic acids is 1. The number of hydrogen-bond acceptors (Lipinski definition) is 6. The third-order valence-electron chi connectivity index (χ3n) is 5.42. The second kappa shape index (κ2) is 10.3. The van der Waals surface area contributed by atoms with Gasteiger partial charge in [0, 0.05) is 24.6 Å². The number of pyridine rings is 1. The van der Waals surface area contributed by atoms with Gasteiger partial charge in [-0.25, -0.2) is 15.0 Å². The molecule has 2 aromatic heterocycles. The summed E-state index contributed by atoms with van der Waals surface area (Å²) in [4.78, 5) is 24.2. The van der Waals surface area contributed by atoms with E-state index in [-0.39, 0.29) is 12.3 Å². The average Bonchev–Trinajstić information content (AvgIpc) is 2.71. The van der Waals surface area contributed by atoms with E-state index in [2.05, 4.69) is 27.4 Å². The highest BCUT2D eigenvalue weighted by molar-refractivity contribution is 5.68. The molecule has 0 fully saturated rings. The first-order chi connectivity index (χ1) is 14.0. The average molecular weight is 399 g/mol. The molecule has 3 N–H and O–H groups in total. The molecule has 156 valence electrons. The van der Waals surface area contributed by atoms with Crippen molar-refractivity contribution in [3.8, 4) is 0 Å². The monoisotopic (exact) mass is 398 g/mol. The van der Waals surface area contributed by atoms with Crippen LogP contribution in [0.1, 0.15) is 67.1 Å². The molecule has 3 heterocycles. The van der Waals surface area contributed by atoms with Crippen LogP contribution in [0.4, 0.5) is 5.82 Å². The number of aromatic nitrogens is 3. The summed E-state index contributed by atoms with van der Waals surface area (Å²) in [7, 11) is 0. The lowest BCUT2D eigenvalue weighted by Gasteiger charge is -2.19. The summed E-state index contributed by atoms with van der Waals surface area (Å²) in [6.07, 6.45) is 8.75. The summed E-state index contributed by atoms with van der Waals surface area (Å²) in [5.74, 6) is 0.506. The zero-order valence-electron chi connectivity index (χ0n) is 17.0. The first kappa shape index (κ1) is 21.2. The number of aliphatic hydroxyl groups excluding tert-OH is 1. The second-order valence-electron chi connectivity index (χ2n) is 7.83. The minimum atomic E-state index is -0.880. The van der Waals surface area contributed by atoms with Crippen molar-refractivity contribution in [2.24, 2.45) is 0 Å². The molecule has 0 aliphatic carbocycles. The second-order valence-corrected chi connectivity index (χ2v) is 7.83. The molecular weight excluding hydrogens is 368 g/mol. The van der Waals surface area contributed by atoms with E-state index >= 15 is 0 Å². The third-order valence-corrected chi connectivity index (χ3v) is 5.42. The van der Waals surface area contributed by atoms with E-state index in [1.165, 1.54) is 5.56 Å². The molecule has 0 spiro atoms. The number of aliphatic hydroxyl groups is 1. The molecule has 1 aliphatic heterocycles. The highest BCUT2D eigenvalue weighted by Crippen LogP contribution is 2.26.